The lowest BCUT2D eigenvalue weighted by atomic mass is 9.96. The minimum absolute atomic E-state index is 0.0231. The van der Waals surface area contributed by atoms with E-state index in [4.69, 9.17) is 10.5 Å². The van der Waals surface area contributed by atoms with Gasteiger partial charge in [-0.2, -0.15) is 0 Å². The Kier molecular flexibility index (Phi) is 2.49. The van der Waals surface area contributed by atoms with Crippen molar-refractivity contribution in [1.29, 1.82) is 0 Å². The van der Waals surface area contributed by atoms with E-state index in [1.165, 1.54) is 24.0 Å². The summed E-state index contributed by atoms with van der Waals surface area (Å²) >= 11 is 0. The highest BCUT2D eigenvalue weighted by atomic mass is 16.5. The molecule has 3 rings (SSSR count). The van der Waals surface area contributed by atoms with Crippen molar-refractivity contribution in [3.63, 3.8) is 0 Å². The molecule has 0 radical (unpaired) electrons. The molecular weight excluding hydrogens is 198 g/mol. The Morgan fingerprint density at radius 3 is 2.81 bits per heavy atom. The molecule has 2 aliphatic rings. The first-order valence-corrected chi connectivity index (χ1v) is 6.29. The molecule has 1 heterocycles. The van der Waals surface area contributed by atoms with E-state index in [2.05, 4.69) is 24.3 Å². The summed E-state index contributed by atoms with van der Waals surface area (Å²) in [5, 5.41) is 0. The number of hydrogen-bond acceptors (Lipinski definition) is 2. The van der Waals surface area contributed by atoms with Crippen LogP contribution in [-0.2, 0) is 10.3 Å². The van der Waals surface area contributed by atoms with Crippen molar-refractivity contribution in [3.05, 3.63) is 35.4 Å². The molecule has 2 heteroatoms. The van der Waals surface area contributed by atoms with Gasteiger partial charge >= 0.3 is 0 Å². The van der Waals surface area contributed by atoms with Crippen LogP contribution in [0, 0.1) is 0 Å². The van der Waals surface area contributed by atoms with E-state index in [0.717, 1.165) is 25.9 Å². The van der Waals surface area contributed by atoms with Crippen LogP contribution >= 0.6 is 0 Å². The Labute approximate surface area is 96.8 Å². The van der Waals surface area contributed by atoms with E-state index in [-0.39, 0.29) is 5.54 Å². The van der Waals surface area contributed by atoms with Crippen LogP contribution in [0.25, 0.3) is 0 Å². The lowest BCUT2D eigenvalue weighted by molar-refractivity contribution is 0.0149. The zero-order chi connectivity index (χ0) is 11.0. The minimum Gasteiger partial charge on any atom is -0.374 e. The van der Waals surface area contributed by atoms with E-state index in [1.54, 1.807) is 0 Å². The Morgan fingerprint density at radius 2 is 2.12 bits per heavy atom. The highest BCUT2D eigenvalue weighted by molar-refractivity contribution is 5.34. The van der Waals surface area contributed by atoms with Crippen molar-refractivity contribution >= 4 is 0 Å². The van der Waals surface area contributed by atoms with Crippen molar-refractivity contribution in [2.75, 3.05) is 6.61 Å². The second-order valence-electron chi connectivity index (χ2n) is 5.14. The van der Waals surface area contributed by atoms with Gasteiger partial charge in [0.2, 0.25) is 0 Å². The monoisotopic (exact) mass is 217 g/mol. The van der Waals surface area contributed by atoms with Gasteiger partial charge in [0.25, 0.3) is 0 Å². The first-order chi connectivity index (χ1) is 7.78. The highest BCUT2D eigenvalue weighted by Gasteiger charge is 2.40. The third-order valence-electron chi connectivity index (χ3n) is 3.80. The van der Waals surface area contributed by atoms with Gasteiger partial charge in [0.15, 0.2) is 0 Å². The summed E-state index contributed by atoms with van der Waals surface area (Å²) in [6, 6.07) is 8.70. The van der Waals surface area contributed by atoms with E-state index in [9.17, 15) is 0 Å². The van der Waals surface area contributed by atoms with Gasteiger partial charge in [0, 0.05) is 12.1 Å². The lowest BCUT2D eigenvalue weighted by Gasteiger charge is -2.24. The summed E-state index contributed by atoms with van der Waals surface area (Å²) in [5.74, 6) is 0. The van der Waals surface area contributed by atoms with Crippen molar-refractivity contribution in [2.24, 2.45) is 5.73 Å². The number of rotatable bonds is 2. The Balaban J connectivity index is 1.84. The first kappa shape index (κ1) is 10.3. The van der Waals surface area contributed by atoms with Gasteiger partial charge in [-0.3, -0.25) is 0 Å². The number of nitrogens with two attached hydrogens (primary N) is 1. The smallest absolute Gasteiger partial charge is 0.0825 e. The molecule has 0 spiro atoms. The summed E-state index contributed by atoms with van der Waals surface area (Å²) in [4.78, 5) is 0. The Bertz CT molecular complexity index is 378. The van der Waals surface area contributed by atoms with Gasteiger partial charge in [-0.25, -0.2) is 0 Å². The van der Waals surface area contributed by atoms with Crippen LogP contribution in [0.4, 0.5) is 0 Å². The number of ether oxygens (including phenoxy) is 1. The van der Waals surface area contributed by atoms with Gasteiger partial charge in [0.1, 0.15) is 0 Å². The topological polar surface area (TPSA) is 35.2 Å². The summed E-state index contributed by atoms with van der Waals surface area (Å²) in [6.45, 7) is 0.905. The highest BCUT2D eigenvalue weighted by Crippen LogP contribution is 2.43. The van der Waals surface area contributed by atoms with E-state index < -0.39 is 0 Å². The fourth-order valence-electron chi connectivity index (χ4n) is 2.48. The number of benzene rings is 1. The minimum atomic E-state index is -0.0231. The Morgan fingerprint density at radius 1 is 1.25 bits per heavy atom. The molecule has 2 fully saturated rings. The zero-order valence-corrected chi connectivity index (χ0v) is 9.61. The molecule has 1 aliphatic heterocycles. The fourth-order valence-corrected chi connectivity index (χ4v) is 2.48. The van der Waals surface area contributed by atoms with Crippen LogP contribution in [0.2, 0.25) is 0 Å². The lowest BCUT2D eigenvalue weighted by Crippen LogP contribution is -2.19. The van der Waals surface area contributed by atoms with Crippen molar-refractivity contribution in [3.8, 4) is 0 Å². The van der Waals surface area contributed by atoms with Crippen LogP contribution in [0.5, 0.6) is 0 Å². The number of hydrogen-bond donors (Lipinski definition) is 1. The molecule has 1 aromatic rings. The van der Waals surface area contributed by atoms with Crippen LogP contribution in [0.15, 0.2) is 24.3 Å². The fraction of sp³-hybridized carbons (Fsp3) is 0.571. The summed E-state index contributed by atoms with van der Waals surface area (Å²) in [5.41, 5.74) is 8.81. The third kappa shape index (κ3) is 1.87. The van der Waals surface area contributed by atoms with Crippen molar-refractivity contribution in [2.45, 2.75) is 43.7 Å². The van der Waals surface area contributed by atoms with Gasteiger partial charge in [-0.1, -0.05) is 24.3 Å². The zero-order valence-electron chi connectivity index (χ0n) is 9.61. The average molecular weight is 217 g/mol. The van der Waals surface area contributed by atoms with Crippen molar-refractivity contribution < 1.29 is 4.74 Å². The molecule has 2 nitrogen and oxygen atoms in total. The molecular formula is C14H19NO. The quantitative estimate of drug-likeness (QED) is 0.826. The molecule has 1 aromatic carbocycles. The second-order valence-corrected chi connectivity index (χ2v) is 5.14. The van der Waals surface area contributed by atoms with E-state index >= 15 is 0 Å². The maximum atomic E-state index is 6.23. The molecule has 0 bridgehead atoms. The molecule has 0 aromatic heterocycles. The first-order valence-electron chi connectivity index (χ1n) is 6.29. The summed E-state index contributed by atoms with van der Waals surface area (Å²) < 4.78 is 5.81. The predicted molar refractivity (Wildman–Crippen MR) is 64.1 cm³/mol. The summed E-state index contributed by atoms with van der Waals surface area (Å²) in [6.07, 6.45) is 6.20. The van der Waals surface area contributed by atoms with Gasteiger partial charge in [0.05, 0.1) is 6.10 Å². The van der Waals surface area contributed by atoms with Crippen LogP contribution in [0.1, 0.15) is 49.3 Å². The molecule has 1 aliphatic carbocycles. The second kappa shape index (κ2) is 3.86. The third-order valence-corrected chi connectivity index (χ3v) is 3.80. The Hall–Kier alpha value is -0.860. The molecule has 0 amide bonds. The molecule has 2 N–H and O–H groups in total. The maximum Gasteiger partial charge on any atom is 0.0825 e. The predicted octanol–water partition coefficient (Wildman–Crippen LogP) is 2.88. The molecule has 86 valence electrons. The van der Waals surface area contributed by atoms with E-state index in [0.29, 0.717) is 6.10 Å². The largest absolute Gasteiger partial charge is 0.374 e. The van der Waals surface area contributed by atoms with Crippen LogP contribution < -0.4 is 5.73 Å². The molecule has 16 heavy (non-hydrogen) atoms. The van der Waals surface area contributed by atoms with Crippen LogP contribution in [-0.4, -0.2) is 6.61 Å². The normalized spacial score (nSPS) is 27.7. The van der Waals surface area contributed by atoms with Gasteiger partial charge in [-0.05, 0) is 43.2 Å². The maximum absolute atomic E-state index is 6.23. The standard InChI is InChI=1S/C14H19NO/c15-14(7-8-14)12-5-3-4-11(10-12)13-6-1-2-9-16-13/h3-5,10,13H,1-2,6-9,15H2/t13-/m1/s1. The molecule has 1 saturated heterocycles. The molecule has 0 unspecified atom stereocenters. The summed E-state index contributed by atoms with van der Waals surface area (Å²) in [7, 11) is 0. The van der Waals surface area contributed by atoms with Gasteiger partial charge in [-0.15, -0.1) is 0 Å². The SMILES string of the molecule is NC1(c2cccc([C@H]3CCCCO3)c2)CC1. The van der Waals surface area contributed by atoms with Crippen molar-refractivity contribution in [1.82, 2.24) is 0 Å². The molecule has 1 atom stereocenters. The van der Waals surface area contributed by atoms with Crippen LogP contribution in [0.3, 0.4) is 0 Å². The molecule has 1 saturated carbocycles. The van der Waals surface area contributed by atoms with Gasteiger partial charge < -0.3 is 10.5 Å². The van der Waals surface area contributed by atoms with E-state index in [1.807, 2.05) is 0 Å². The average Bonchev–Trinajstić information content (AvgIpc) is 3.10.